The fraction of sp³-hybridized carbons (Fsp3) is 0.100. The number of anilines is 3. The van der Waals surface area contributed by atoms with E-state index in [0.717, 1.165) is 5.57 Å². The van der Waals surface area contributed by atoms with E-state index in [1.165, 1.54) is 0 Å². The summed E-state index contributed by atoms with van der Waals surface area (Å²) in [6, 6.07) is 3.32. The molecule has 14 heavy (non-hydrogen) atoms. The second kappa shape index (κ2) is 4.32. The summed E-state index contributed by atoms with van der Waals surface area (Å²) in [5.74, 6) is 1.03. The molecular formula is C10H14N4. The van der Waals surface area contributed by atoms with Gasteiger partial charge in [-0.05, 0) is 12.5 Å². The summed E-state index contributed by atoms with van der Waals surface area (Å²) in [7, 11) is 0. The van der Waals surface area contributed by atoms with E-state index in [4.69, 9.17) is 11.5 Å². The molecule has 0 unspecified atom stereocenters. The molecule has 1 rings (SSSR count). The van der Waals surface area contributed by atoms with Gasteiger partial charge in [-0.2, -0.15) is 0 Å². The van der Waals surface area contributed by atoms with Crippen LogP contribution in [0.4, 0.5) is 17.3 Å². The van der Waals surface area contributed by atoms with Gasteiger partial charge < -0.3 is 16.8 Å². The van der Waals surface area contributed by atoms with E-state index in [1.807, 2.05) is 6.92 Å². The van der Waals surface area contributed by atoms with Crippen molar-refractivity contribution in [2.75, 3.05) is 16.8 Å². The van der Waals surface area contributed by atoms with Gasteiger partial charge in [0, 0.05) is 24.0 Å². The van der Waals surface area contributed by atoms with Gasteiger partial charge in [0.25, 0.3) is 0 Å². The summed E-state index contributed by atoms with van der Waals surface area (Å²) in [6.07, 6.45) is 3.52. The molecule has 0 saturated heterocycles. The zero-order chi connectivity index (χ0) is 10.6. The lowest BCUT2D eigenvalue weighted by Gasteiger charge is -2.03. The second-order valence-corrected chi connectivity index (χ2v) is 2.95. The van der Waals surface area contributed by atoms with Gasteiger partial charge in [0.05, 0.1) is 0 Å². The van der Waals surface area contributed by atoms with Gasteiger partial charge in [-0.15, -0.1) is 0 Å². The van der Waals surface area contributed by atoms with E-state index >= 15 is 0 Å². The highest BCUT2D eigenvalue weighted by atomic mass is 15.0. The van der Waals surface area contributed by atoms with Crippen molar-refractivity contribution >= 4 is 17.3 Å². The smallest absolute Gasteiger partial charge is 0.134 e. The molecule has 1 aromatic heterocycles. The Morgan fingerprint density at radius 2 is 2.21 bits per heavy atom. The molecule has 4 nitrogen and oxygen atoms in total. The first-order valence-electron chi connectivity index (χ1n) is 4.20. The quantitative estimate of drug-likeness (QED) is 0.634. The number of nitrogens with two attached hydrogens (primary N) is 2. The number of nitrogen functional groups attached to an aromatic ring is 2. The Morgan fingerprint density at radius 1 is 1.50 bits per heavy atom. The van der Waals surface area contributed by atoms with Crippen LogP contribution in [0, 0.1) is 0 Å². The van der Waals surface area contributed by atoms with Gasteiger partial charge in [0.15, 0.2) is 0 Å². The predicted molar refractivity (Wildman–Crippen MR) is 60.6 cm³/mol. The minimum absolute atomic E-state index is 0.400. The minimum atomic E-state index is 0.400. The standard InChI is InChI=1S/C10H14N4/c1-3-7(2)6-13-10-5-8(11)4-9(12)14-10/h3-6H,1H2,2H3,(H5,11,12,13,14)/b7-6+. The van der Waals surface area contributed by atoms with Crippen LogP contribution in [0.25, 0.3) is 0 Å². The van der Waals surface area contributed by atoms with Crippen LogP contribution in [-0.4, -0.2) is 4.98 Å². The summed E-state index contributed by atoms with van der Waals surface area (Å²) in [6.45, 7) is 5.56. The zero-order valence-corrected chi connectivity index (χ0v) is 8.12. The van der Waals surface area contributed by atoms with E-state index in [0.29, 0.717) is 17.3 Å². The third-order valence-corrected chi connectivity index (χ3v) is 1.64. The SMILES string of the molecule is C=C/C(C)=C/Nc1cc(N)cc(N)n1. The van der Waals surface area contributed by atoms with E-state index in [2.05, 4.69) is 16.9 Å². The number of rotatable bonds is 3. The highest BCUT2D eigenvalue weighted by molar-refractivity contribution is 5.57. The van der Waals surface area contributed by atoms with Crippen LogP contribution in [0.5, 0.6) is 0 Å². The molecule has 5 N–H and O–H groups in total. The molecule has 0 aromatic carbocycles. The Bertz CT molecular complexity index is 348. The van der Waals surface area contributed by atoms with Gasteiger partial charge >= 0.3 is 0 Å². The summed E-state index contributed by atoms with van der Waals surface area (Å²) in [5, 5.41) is 2.97. The number of pyridine rings is 1. The van der Waals surface area contributed by atoms with Crippen molar-refractivity contribution in [1.29, 1.82) is 0 Å². The molecule has 4 heteroatoms. The highest BCUT2D eigenvalue weighted by Crippen LogP contribution is 2.13. The van der Waals surface area contributed by atoms with Crippen LogP contribution >= 0.6 is 0 Å². The van der Waals surface area contributed by atoms with Gasteiger partial charge in [-0.1, -0.05) is 12.7 Å². The van der Waals surface area contributed by atoms with Crippen LogP contribution < -0.4 is 16.8 Å². The van der Waals surface area contributed by atoms with Crippen molar-refractivity contribution in [3.8, 4) is 0 Å². The molecule has 0 amide bonds. The topological polar surface area (TPSA) is 77.0 Å². The Kier molecular flexibility index (Phi) is 3.12. The summed E-state index contributed by atoms with van der Waals surface area (Å²) < 4.78 is 0. The third-order valence-electron chi connectivity index (χ3n) is 1.64. The number of hydrogen-bond donors (Lipinski definition) is 3. The van der Waals surface area contributed by atoms with Gasteiger partial charge in [-0.25, -0.2) is 4.98 Å². The maximum atomic E-state index is 5.60. The first kappa shape index (κ1) is 10.1. The van der Waals surface area contributed by atoms with E-state index in [-0.39, 0.29) is 0 Å². The molecule has 0 bridgehead atoms. The van der Waals surface area contributed by atoms with Crippen molar-refractivity contribution in [3.05, 3.63) is 36.6 Å². The monoisotopic (exact) mass is 190 g/mol. The molecule has 0 aliphatic carbocycles. The first-order chi connectivity index (χ1) is 6.61. The first-order valence-corrected chi connectivity index (χ1v) is 4.20. The number of allylic oxidation sites excluding steroid dienone is 2. The van der Waals surface area contributed by atoms with Crippen molar-refractivity contribution in [1.82, 2.24) is 4.98 Å². The lowest BCUT2D eigenvalue weighted by Crippen LogP contribution is -1.99. The van der Waals surface area contributed by atoms with Crippen molar-refractivity contribution in [3.63, 3.8) is 0 Å². The average Bonchev–Trinajstić information content (AvgIpc) is 2.12. The normalized spacial score (nSPS) is 11.1. The van der Waals surface area contributed by atoms with Crippen molar-refractivity contribution < 1.29 is 0 Å². The van der Waals surface area contributed by atoms with Gasteiger partial charge in [0.1, 0.15) is 11.6 Å². The molecule has 0 saturated carbocycles. The number of nitrogens with zero attached hydrogens (tertiary/aromatic N) is 1. The largest absolute Gasteiger partial charge is 0.399 e. The lowest BCUT2D eigenvalue weighted by molar-refractivity contribution is 1.31. The number of hydrogen-bond acceptors (Lipinski definition) is 4. The molecule has 0 aliphatic rings. The molecule has 0 radical (unpaired) electrons. The number of aromatic nitrogens is 1. The van der Waals surface area contributed by atoms with Gasteiger partial charge in [-0.3, -0.25) is 0 Å². The van der Waals surface area contributed by atoms with Crippen molar-refractivity contribution in [2.24, 2.45) is 0 Å². The summed E-state index contributed by atoms with van der Waals surface area (Å²) >= 11 is 0. The second-order valence-electron chi connectivity index (χ2n) is 2.95. The molecule has 0 atom stereocenters. The molecule has 0 spiro atoms. The minimum Gasteiger partial charge on any atom is -0.399 e. The van der Waals surface area contributed by atoms with E-state index < -0.39 is 0 Å². The van der Waals surface area contributed by atoms with Crippen LogP contribution in [0.2, 0.25) is 0 Å². The Morgan fingerprint density at radius 3 is 2.79 bits per heavy atom. The van der Waals surface area contributed by atoms with Crippen LogP contribution in [-0.2, 0) is 0 Å². The fourth-order valence-electron chi connectivity index (χ4n) is 0.895. The lowest BCUT2D eigenvalue weighted by atomic mass is 10.3. The Hall–Kier alpha value is -1.97. The van der Waals surface area contributed by atoms with Crippen molar-refractivity contribution in [2.45, 2.75) is 6.92 Å². The molecular weight excluding hydrogens is 176 g/mol. The van der Waals surface area contributed by atoms with Crippen LogP contribution in [0.3, 0.4) is 0 Å². The number of nitrogens with one attached hydrogen (secondary N) is 1. The van der Waals surface area contributed by atoms with Gasteiger partial charge in [0.2, 0.25) is 0 Å². The molecule has 1 aromatic rings. The third kappa shape index (κ3) is 2.82. The molecule has 0 fully saturated rings. The van der Waals surface area contributed by atoms with Crippen LogP contribution in [0.15, 0.2) is 36.6 Å². The van der Waals surface area contributed by atoms with E-state index in [1.54, 1.807) is 24.4 Å². The Labute approximate surface area is 83.3 Å². The average molecular weight is 190 g/mol. The molecule has 1 heterocycles. The van der Waals surface area contributed by atoms with Crippen LogP contribution in [0.1, 0.15) is 6.92 Å². The summed E-state index contributed by atoms with van der Waals surface area (Å²) in [4.78, 5) is 4.05. The Balaban J connectivity index is 2.82. The maximum absolute atomic E-state index is 5.60. The highest BCUT2D eigenvalue weighted by Gasteiger charge is 1.95. The predicted octanol–water partition coefficient (Wildman–Crippen LogP) is 1.75. The maximum Gasteiger partial charge on any atom is 0.134 e. The summed E-state index contributed by atoms with van der Waals surface area (Å²) in [5.41, 5.74) is 12.7. The molecule has 74 valence electrons. The fourth-order valence-corrected chi connectivity index (χ4v) is 0.895. The molecule has 0 aliphatic heterocycles. The van der Waals surface area contributed by atoms with E-state index in [9.17, 15) is 0 Å². The zero-order valence-electron chi connectivity index (χ0n) is 8.12.